The Morgan fingerprint density at radius 2 is 1.88 bits per heavy atom. The molecule has 0 unspecified atom stereocenters. The maximum absolute atomic E-state index is 14.1. The quantitative estimate of drug-likeness (QED) is 0.311. The van der Waals surface area contributed by atoms with Crippen molar-refractivity contribution in [2.24, 2.45) is 0 Å². The molecule has 8 heteroatoms. The van der Waals surface area contributed by atoms with Crippen LogP contribution in [-0.4, -0.2) is 19.6 Å². The van der Waals surface area contributed by atoms with Gasteiger partial charge in [0.2, 0.25) is 0 Å². The van der Waals surface area contributed by atoms with E-state index in [4.69, 9.17) is 17.2 Å². The highest BCUT2D eigenvalue weighted by Crippen LogP contribution is 2.43. The van der Waals surface area contributed by atoms with E-state index < -0.39 is 0 Å². The van der Waals surface area contributed by atoms with Crippen LogP contribution in [-0.2, 0) is 0 Å². The Hall–Kier alpha value is -3.62. The summed E-state index contributed by atoms with van der Waals surface area (Å²) in [6.07, 6.45) is 3.81. The molecule has 1 aliphatic rings. The zero-order valence-corrected chi connectivity index (χ0v) is 19.9. The summed E-state index contributed by atoms with van der Waals surface area (Å²) in [6, 6.07) is 22.8. The molecule has 0 saturated carbocycles. The molecule has 0 bridgehead atoms. The molecule has 168 valence electrons. The van der Waals surface area contributed by atoms with Crippen LogP contribution in [0.2, 0.25) is 0 Å². The maximum Gasteiger partial charge on any atom is 0.194 e. The summed E-state index contributed by atoms with van der Waals surface area (Å²) in [6.45, 7) is 1.76. The first-order chi connectivity index (χ1) is 16.6. The first-order valence-electron chi connectivity index (χ1n) is 10.9. The van der Waals surface area contributed by atoms with Crippen LogP contribution in [0.1, 0.15) is 29.0 Å². The molecule has 4 heterocycles. The number of hydrogen-bond acceptors (Lipinski definition) is 4. The van der Waals surface area contributed by atoms with E-state index >= 15 is 0 Å². The van der Waals surface area contributed by atoms with Gasteiger partial charge in [0.15, 0.2) is 10.2 Å². The number of nitrogens with one attached hydrogen (secondary N) is 1. The number of nitrogens with zero attached hydrogens (tertiary/aromatic N) is 4. The predicted octanol–water partition coefficient (Wildman–Crippen LogP) is 6.11. The third kappa shape index (κ3) is 3.46. The van der Waals surface area contributed by atoms with E-state index in [0.29, 0.717) is 10.7 Å². The summed E-state index contributed by atoms with van der Waals surface area (Å²) in [5.74, 6) is -0.238. The van der Waals surface area contributed by atoms with E-state index in [-0.39, 0.29) is 17.9 Å². The molecule has 2 atom stereocenters. The minimum atomic E-state index is -0.238. The van der Waals surface area contributed by atoms with E-state index in [1.54, 1.807) is 30.5 Å². The van der Waals surface area contributed by atoms with E-state index in [0.717, 1.165) is 32.4 Å². The first kappa shape index (κ1) is 20.9. The molecule has 1 saturated heterocycles. The Labute approximate surface area is 205 Å². The Morgan fingerprint density at radius 1 is 1.03 bits per heavy atom. The van der Waals surface area contributed by atoms with Gasteiger partial charge >= 0.3 is 0 Å². The van der Waals surface area contributed by atoms with Gasteiger partial charge in [0, 0.05) is 18.1 Å². The van der Waals surface area contributed by atoms with Crippen LogP contribution in [0, 0.1) is 12.7 Å². The Bertz CT molecular complexity index is 1480. The van der Waals surface area contributed by atoms with Crippen LogP contribution >= 0.6 is 23.6 Å². The van der Waals surface area contributed by atoms with Crippen LogP contribution in [0.5, 0.6) is 0 Å². The number of fused-ring (bicyclic) bond motifs is 1. The van der Waals surface area contributed by atoms with Crippen LogP contribution in [0.4, 0.5) is 10.1 Å². The summed E-state index contributed by atoms with van der Waals surface area (Å²) < 4.78 is 17.3. The second kappa shape index (κ2) is 8.30. The highest BCUT2D eigenvalue weighted by molar-refractivity contribution is 7.80. The Kier molecular flexibility index (Phi) is 5.12. The van der Waals surface area contributed by atoms with Crippen molar-refractivity contribution in [3.8, 4) is 5.13 Å². The molecular weight excluding hydrogens is 465 g/mol. The van der Waals surface area contributed by atoms with E-state index in [9.17, 15) is 4.39 Å². The predicted molar refractivity (Wildman–Crippen MR) is 138 cm³/mol. The van der Waals surface area contributed by atoms with Crippen molar-refractivity contribution >= 4 is 44.6 Å². The summed E-state index contributed by atoms with van der Waals surface area (Å²) in [5, 5.41) is 4.92. The smallest absolute Gasteiger partial charge is 0.194 e. The fourth-order valence-corrected chi connectivity index (χ4v) is 5.80. The van der Waals surface area contributed by atoms with Crippen molar-refractivity contribution in [1.82, 2.24) is 19.9 Å². The second-order valence-electron chi connectivity index (χ2n) is 8.20. The lowest BCUT2D eigenvalue weighted by Gasteiger charge is -2.28. The zero-order valence-electron chi connectivity index (χ0n) is 18.2. The molecule has 34 heavy (non-hydrogen) atoms. The molecule has 0 aliphatic carbocycles. The van der Waals surface area contributed by atoms with Gasteiger partial charge in [-0.15, -0.1) is 0 Å². The maximum atomic E-state index is 14.1. The summed E-state index contributed by atoms with van der Waals surface area (Å²) in [4.78, 5) is 11.5. The van der Waals surface area contributed by atoms with Gasteiger partial charge in [-0.3, -0.25) is 9.55 Å². The molecule has 1 aliphatic heterocycles. The number of rotatable bonds is 4. The molecule has 0 spiro atoms. The van der Waals surface area contributed by atoms with Gasteiger partial charge in [-0.25, -0.2) is 9.37 Å². The van der Waals surface area contributed by atoms with Crippen LogP contribution < -0.4 is 10.2 Å². The van der Waals surface area contributed by atoms with Crippen molar-refractivity contribution in [3.05, 3.63) is 108 Å². The number of thiazole rings is 1. The lowest BCUT2D eigenvalue weighted by Crippen LogP contribution is -2.30. The van der Waals surface area contributed by atoms with E-state index in [1.807, 2.05) is 54.7 Å². The van der Waals surface area contributed by atoms with Gasteiger partial charge in [-0.1, -0.05) is 29.5 Å². The SMILES string of the molecule is Cc1cc(N2C(=S)N[C@@H](c3ccccn3)[C@@H]2c2cccn2-c2nc3ccccc3s2)ccc1F. The standard InChI is InChI=1S/C26H20FN5S2/c1-16-15-17(11-12-18(16)27)32-24(23(30-25(32)33)20-8-4-5-13-28-20)21-9-6-14-31(21)26-29-19-7-2-3-10-22(19)34-26/h2-15,23-24H,1H3,(H,30,33)/t23-,24-/m0/s1. The molecule has 5 nitrogen and oxygen atoms in total. The third-order valence-corrected chi connectivity index (χ3v) is 7.44. The lowest BCUT2D eigenvalue weighted by molar-refractivity contribution is 0.549. The number of hydrogen-bond donors (Lipinski definition) is 1. The fraction of sp³-hybridized carbons (Fsp3) is 0.115. The van der Waals surface area contributed by atoms with Crippen molar-refractivity contribution in [3.63, 3.8) is 0 Å². The summed E-state index contributed by atoms with van der Waals surface area (Å²) in [7, 11) is 0. The van der Waals surface area contributed by atoms with E-state index in [2.05, 4.69) is 31.9 Å². The number of aromatic nitrogens is 3. The van der Waals surface area contributed by atoms with Gasteiger partial charge in [-0.05, 0) is 79.3 Å². The van der Waals surface area contributed by atoms with Gasteiger partial charge in [-0.2, -0.15) is 0 Å². The van der Waals surface area contributed by atoms with Crippen molar-refractivity contribution in [1.29, 1.82) is 0 Å². The second-order valence-corrected chi connectivity index (χ2v) is 9.59. The normalized spacial score (nSPS) is 17.9. The van der Waals surface area contributed by atoms with Crippen LogP contribution in [0.15, 0.2) is 85.2 Å². The van der Waals surface area contributed by atoms with Gasteiger partial charge in [0.25, 0.3) is 0 Å². The summed E-state index contributed by atoms with van der Waals surface area (Å²) >= 11 is 7.45. The molecule has 0 radical (unpaired) electrons. The number of anilines is 1. The van der Waals surface area contributed by atoms with Gasteiger partial charge in [0.05, 0.1) is 27.6 Å². The molecule has 5 aromatic rings. The number of para-hydroxylation sites is 1. The van der Waals surface area contributed by atoms with Crippen LogP contribution in [0.3, 0.4) is 0 Å². The van der Waals surface area contributed by atoms with Crippen molar-refractivity contribution in [2.75, 3.05) is 4.90 Å². The van der Waals surface area contributed by atoms with Crippen molar-refractivity contribution < 1.29 is 4.39 Å². The molecule has 1 N–H and O–H groups in total. The van der Waals surface area contributed by atoms with Crippen molar-refractivity contribution in [2.45, 2.75) is 19.0 Å². The highest BCUT2D eigenvalue weighted by Gasteiger charge is 2.42. The highest BCUT2D eigenvalue weighted by atomic mass is 32.1. The average molecular weight is 486 g/mol. The van der Waals surface area contributed by atoms with Crippen LogP contribution in [0.25, 0.3) is 15.3 Å². The van der Waals surface area contributed by atoms with E-state index in [1.165, 1.54) is 6.07 Å². The average Bonchev–Trinajstić information content (AvgIpc) is 3.57. The zero-order chi connectivity index (χ0) is 23.2. The molecule has 2 aromatic carbocycles. The number of thiocarbonyl (C=S) groups is 1. The Balaban J connectivity index is 1.52. The Morgan fingerprint density at radius 3 is 2.68 bits per heavy atom. The number of aryl methyl sites for hydroxylation is 1. The lowest BCUT2D eigenvalue weighted by atomic mass is 10.0. The molecule has 3 aromatic heterocycles. The molecule has 0 amide bonds. The minimum absolute atomic E-state index is 0.193. The third-order valence-electron chi connectivity index (χ3n) is 6.09. The molecule has 6 rings (SSSR count). The summed E-state index contributed by atoms with van der Waals surface area (Å²) in [5.41, 5.74) is 4.27. The fourth-order valence-electron chi connectivity index (χ4n) is 4.48. The minimum Gasteiger partial charge on any atom is -0.351 e. The van der Waals surface area contributed by atoms with Gasteiger partial charge < -0.3 is 10.2 Å². The number of pyridine rings is 1. The topological polar surface area (TPSA) is 46.0 Å². The largest absolute Gasteiger partial charge is 0.351 e. The molecule has 1 fully saturated rings. The number of benzene rings is 2. The first-order valence-corrected chi connectivity index (χ1v) is 12.1. The monoisotopic (exact) mass is 485 g/mol. The van der Waals surface area contributed by atoms with Gasteiger partial charge in [0.1, 0.15) is 11.9 Å². The molecular formula is C26H20FN5S2. The number of halogens is 1.